The summed E-state index contributed by atoms with van der Waals surface area (Å²) in [7, 11) is 0. The van der Waals surface area contributed by atoms with Crippen LogP contribution >= 0.6 is 11.3 Å². The molecule has 8 heteroatoms. The molecule has 0 radical (unpaired) electrons. The predicted octanol–water partition coefficient (Wildman–Crippen LogP) is 2.61. The Bertz CT molecular complexity index is 704. The van der Waals surface area contributed by atoms with Crippen molar-refractivity contribution >= 4 is 23.1 Å². The third-order valence-electron chi connectivity index (χ3n) is 3.62. The first-order valence-corrected chi connectivity index (χ1v) is 8.02. The minimum absolute atomic E-state index is 0.159. The highest BCUT2D eigenvalue weighted by Gasteiger charge is 2.31. The second-order valence-corrected chi connectivity index (χ2v) is 6.34. The van der Waals surface area contributed by atoms with Gasteiger partial charge in [-0.25, -0.2) is 25.9 Å². The molecule has 2 amide bonds. The van der Waals surface area contributed by atoms with Gasteiger partial charge in [-0.3, -0.25) is 5.43 Å². The van der Waals surface area contributed by atoms with E-state index in [9.17, 15) is 9.18 Å². The fourth-order valence-electron chi connectivity index (χ4n) is 2.35. The summed E-state index contributed by atoms with van der Waals surface area (Å²) in [6.45, 7) is 0.327. The molecule has 0 aliphatic heterocycles. The maximum Gasteiger partial charge on any atom is 0.350 e. The van der Waals surface area contributed by atoms with Gasteiger partial charge >= 0.3 is 6.03 Å². The average Bonchev–Trinajstić information content (AvgIpc) is 3.27. The van der Waals surface area contributed by atoms with Gasteiger partial charge < -0.3 is 4.74 Å². The molecule has 1 heterocycles. The molecule has 2 aromatic rings. The van der Waals surface area contributed by atoms with Crippen LogP contribution in [0.25, 0.3) is 0 Å². The minimum Gasteiger partial charge on any atom is -0.486 e. The van der Waals surface area contributed by atoms with E-state index >= 15 is 0 Å². The standard InChI is InChI=1S/C15H17FN4O2S/c16-10-6-12(9-3-4-9)14(22-8-11-2-1-5-23-11)13(7-10)20(18)15(21)19-17/h1-2,5-7,9H,3-4,8,17-18H2,(H,19,21). The van der Waals surface area contributed by atoms with Gasteiger partial charge in [-0.15, -0.1) is 11.3 Å². The van der Waals surface area contributed by atoms with E-state index in [2.05, 4.69) is 0 Å². The first-order valence-electron chi connectivity index (χ1n) is 7.14. The lowest BCUT2D eigenvalue weighted by molar-refractivity contribution is 0.246. The Balaban J connectivity index is 1.96. The molecular formula is C15H17FN4O2S. The number of hydrazine groups is 2. The Labute approximate surface area is 136 Å². The van der Waals surface area contributed by atoms with E-state index in [-0.39, 0.29) is 11.6 Å². The van der Waals surface area contributed by atoms with Gasteiger partial charge in [0.2, 0.25) is 0 Å². The molecule has 1 aromatic heterocycles. The molecule has 5 N–H and O–H groups in total. The highest BCUT2D eigenvalue weighted by molar-refractivity contribution is 7.09. The van der Waals surface area contributed by atoms with Crippen LogP contribution in [0.4, 0.5) is 14.9 Å². The van der Waals surface area contributed by atoms with Crippen LogP contribution in [-0.2, 0) is 6.61 Å². The van der Waals surface area contributed by atoms with Crippen molar-refractivity contribution in [2.24, 2.45) is 11.7 Å². The van der Waals surface area contributed by atoms with E-state index in [0.717, 1.165) is 28.3 Å². The lowest BCUT2D eigenvalue weighted by Crippen LogP contribution is -2.47. The Morgan fingerprint density at radius 1 is 1.48 bits per heavy atom. The third-order valence-corrected chi connectivity index (χ3v) is 4.47. The number of hydrogen-bond acceptors (Lipinski definition) is 5. The Morgan fingerprint density at radius 3 is 2.87 bits per heavy atom. The molecule has 122 valence electrons. The zero-order valence-electron chi connectivity index (χ0n) is 12.3. The number of nitrogens with one attached hydrogen (secondary N) is 1. The number of thiophene rings is 1. The number of nitrogens with zero attached hydrogens (tertiary/aromatic N) is 1. The second kappa shape index (κ2) is 6.53. The highest BCUT2D eigenvalue weighted by Crippen LogP contribution is 2.48. The summed E-state index contributed by atoms with van der Waals surface area (Å²) in [6, 6.07) is 5.73. The molecule has 1 fully saturated rings. The summed E-state index contributed by atoms with van der Waals surface area (Å²) in [5.74, 6) is 11.1. The van der Waals surface area contributed by atoms with Gasteiger partial charge in [-0.2, -0.15) is 0 Å². The largest absolute Gasteiger partial charge is 0.486 e. The molecule has 1 saturated carbocycles. The SMILES string of the molecule is NNC(=O)N(N)c1cc(F)cc(C2CC2)c1OCc1cccs1. The molecule has 23 heavy (non-hydrogen) atoms. The molecule has 3 rings (SSSR count). The van der Waals surface area contributed by atoms with Gasteiger partial charge in [0, 0.05) is 16.5 Å². The van der Waals surface area contributed by atoms with Crippen molar-refractivity contribution in [2.75, 3.05) is 5.01 Å². The van der Waals surface area contributed by atoms with Crippen molar-refractivity contribution in [3.63, 3.8) is 0 Å². The van der Waals surface area contributed by atoms with Crippen LogP contribution in [0.15, 0.2) is 29.6 Å². The van der Waals surface area contributed by atoms with Crippen molar-refractivity contribution in [2.45, 2.75) is 25.4 Å². The van der Waals surface area contributed by atoms with Crippen LogP contribution in [-0.4, -0.2) is 6.03 Å². The van der Waals surface area contributed by atoms with Gasteiger partial charge in [0.05, 0.1) is 0 Å². The molecule has 0 atom stereocenters. The molecule has 0 spiro atoms. The summed E-state index contributed by atoms with van der Waals surface area (Å²) in [5.41, 5.74) is 2.82. The van der Waals surface area contributed by atoms with Gasteiger partial charge in [-0.05, 0) is 36.3 Å². The van der Waals surface area contributed by atoms with Crippen molar-refractivity contribution in [1.29, 1.82) is 0 Å². The van der Waals surface area contributed by atoms with Crippen molar-refractivity contribution in [3.05, 3.63) is 45.9 Å². The maximum atomic E-state index is 13.9. The smallest absolute Gasteiger partial charge is 0.350 e. The normalized spacial score (nSPS) is 13.7. The van der Waals surface area contributed by atoms with E-state index < -0.39 is 11.8 Å². The number of anilines is 1. The van der Waals surface area contributed by atoms with E-state index in [1.807, 2.05) is 22.9 Å². The summed E-state index contributed by atoms with van der Waals surface area (Å²) in [6.07, 6.45) is 1.93. The van der Waals surface area contributed by atoms with Crippen LogP contribution in [0.1, 0.15) is 29.2 Å². The number of urea groups is 1. The summed E-state index contributed by atoms with van der Waals surface area (Å²) < 4.78 is 19.8. The number of hydrogen-bond donors (Lipinski definition) is 3. The van der Waals surface area contributed by atoms with Gasteiger partial charge in [0.15, 0.2) is 0 Å². The Hall–Kier alpha value is -2.16. The molecular weight excluding hydrogens is 319 g/mol. The van der Waals surface area contributed by atoms with Gasteiger partial charge in [0.1, 0.15) is 23.9 Å². The second-order valence-electron chi connectivity index (χ2n) is 5.31. The zero-order valence-corrected chi connectivity index (χ0v) is 13.1. The predicted molar refractivity (Wildman–Crippen MR) is 86.4 cm³/mol. The summed E-state index contributed by atoms with van der Waals surface area (Å²) >= 11 is 1.56. The van der Waals surface area contributed by atoms with Crippen LogP contribution in [0.2, 0.25) is 0 Å². The van der Waals surface area contributed by atoms with E-state index in [4.69, 9.17) is 16.4 Å². The lowest BCUT2D eigenvalue weighted by Gasteiger charge is -2.22. The van der Waals surface area contributed by atoms with E-state index in [0.29, 0.717) is 12.4 Å². The number of carbonyl (C=O) groups excluding carboxylic acids is 1. The first-order chi connectivity index (χ1) is 11.1. The molecule has 6 nitrogen and oxygen atoms in total. The highest BCUT2D eigenvalue weighted by atomic mass is 32.1. The number of nitrogens with two attached hydrogens (primary N) is 2. The Morgan fingerprint density at radius 2 is 2.26 bits per heavy atom. The van der Waals surface area contributed by atoms with Gasteiger partial charge in [0.25, 0.3) is 0 Å². The summed E-state index contributed by atoms with van der Waals surface area (Å²) in [5, 5.41) is 2.71. The first kappa shape index (κ1) is 15.7. The monoisotopic (exact) mass is 336 g/mol. The fraction of sp³-hybridized carbons (Fsp3) is 0.267. The molecule has 1 aromatic carbocycles. The number of amides is 2. The van der Waals surface area contributed by atoms with Gasteiger partial charge in [-0.1, -0.05) is 6.07 Å². The molecule has 0 unspecified atom stereocenters. The average molecular weight is 336 g/mol. The number of carbonyl (C=O) groups is 1. The molecule has 1 aliphatic rings. The molecule has 0 saturated heterocycles. The molecule has 0 bridgehead atoms. The molecule has 1 aliphatic carbocycles. The third kappa shape index (κ3) is 3.44. The van der Waals surface area contributed by atoms with Crippen LogP contribution in [0.5, 0.6) is 5.75 Å². The lowest BCUT2D eigenvalue weighted by atomic mass is 10.1. The quantitative estimate of drug-likeness (QED) is 0.444. The number of halogens is 1. The summed E-state index contributed by atoms with van der Waals surface area (Å²) in [4.78, 5) is 12.7. The topological polar surface area (TPSA) is 93.6 Å². The Kier molecular flexibility index (Phi) is 4.46. The van der Waals surface area contributed by atoms with Crippen LogP contribution in [0.3, 0.4) is 0 Å². The van der Waals surface area contributed by atoms with E-state index in [1.165, 1.54) is 12.1 Å². The zero-order chi connectivity index (χ0) is 16.4. The van der Waals surface area contributed by atoms with Crippen molar-refractivity contribution in [3.8, 4) is 5.75 Å². The van der Waals surface area contributed by atoms with Crippen molar-refractivity contribution in [1.82, 2.24) is 5.43 Å². The number of benzene rings is 1. The fourth-order valence-corrected chi connectivity index (χ4v) is 2.97. The minimum atomic E-state index is -0.752. The number of ether oxygens (including phenoxy) is 1. The van der Waals surface area contributed by atoms with Crippen molar-refractivity contribution < 1.29 is 13.9 Å². The number of rotatable bonds is 5. The van der Waals surface area contributed by atoms with E-state index in [1.54, 1.807) is 11.3 Å². The van der Waals surface area contributed by atoms with Crippen LogP contribution in [0, 0.1) is 5.82 Å². The van der Waals surface area contributed by atoms with Crippen LogP contribution < -0.4 is 26.9 Å². The maximum absolute atomic E-state index is 13.9.